The van der Waals surface area contributed by atoms with E-state index in [0.717, 1.165) is 25.2 Å². The lowest BCUT2D eigenvalue weighted by atomic mass is 10.2. The Bertz CT molecular complexity index is 402. The number of nitrogens with two attached hydrogens (primary N) is 1. The Morgan fingerprint density at radius 2 is 1.90 bits per heavy atom. The van der Waals surface area contributed by atoms with Crippen LogP contribution >= 0.6 is 15.9 Å². The molecule has 1 aromatic carbocycles. The van der Waals surface area contributed by atoms with Crippen molar-refractivity contribution in [1.82, 2.24) is 0 Å². The van der Waals surface area contributed by atoms with Gasteiger partial charge in [0.25, 0.3) is 0 Å². The van der Waals surface area contributed by atoms with Crippen LogP contribution in [0.1, 0.15) is 34.1 Å². The van der Waals surface area contributed by atoms with Gasteiger partial charge in [-0.1, -0.05) is 43.6 Å². The molecular formula is C15H26BrFN2O. The maximum Gasteiger partial charge on any atom is 0.149 e. The van der Waals surface area contributed by atoms with Gasteiger partial charge in [0.2, 0.25) is 0 Å². The van der Waals surface area contributed by atoms with Gasteiger partial charge in [0.05, 0.1) is 17.5 Å². The predicted octanol–water partition coefficient (Wildman–Crippen LogP) is 4.45. The first-order valence-electron chi connectivity index (χ1n) is 7.14. The number of nitrogens with zero attached hydrogens (tertiary/aromatic N) is 1. The van der Waals surface area contributed by atoms with E-state index in [1.807, 2.05) is 33.8 Å². The molecule has 116 valence electrons. The average Bonchev–Trinajstić information content (AvgIpc) is 2.96. The van der Waals surface area contributed by atoms with Crippen molar-refractivity contribution in [3.8, 4) is 0 Å². The van der Waals surface area contributed by atoms with Gasteiger partial charge in [-0.3, -0.25) is 0 Å². The SMILES string of the molecule is CC.CC.COC1CCN(c2cc(Br)cc(F)c2N)C1. The number of hydrogen-bond donors (Lipinski definition) is 1. The van der Waals surface area contributed by atoms with Crippen LogP contribution in [-0.4, -0.2) is 26.3 Å². The van der Waals surface area contributed by atoms with Crippen LogP contribution in [0.4, 0.5) is 15.8 Å². The monoisotopic (exact) mass is 348 g/mol. The molecular weight excluding hydrogens is 323 g/mol. The van der Waals surface area contributed by atoms with Crippen molar-refractivity contribution in [2.75, 3.05) is 30.8 Å². The summed E-state index contributed by atoms with van der Waals surface area (Å²) in [5.41, 5.74) is 6.69. The molecule has 0 amide bonds. The van der Waals surface area contributed by atoms with Crippen molar-refractivity contribution < 1.29 is 9.13 Å². The maximum atomic E-state index is 13.5. The molecule has 1 fully saturated rings. The van der Waals surface area contributed by atoms with E-state index in [0.29, 0.717) is 4.47 Å². The summed E-state index contributed by atoms with van der Waals surface area (Å²) in [7, 11) is 1.69. The third-order valence-electron chi connectivity index (χ3n) is 2.89. The second-order valence-electron chi connectivity index (χ2n) is 3.91. The van der Waals surface area contributed by atoms with Gasteiger partial charge in [-0.2, -0.15) is 0 Å². The Balaban J connectivity index is 0.000000829. The quantitative estimate of drug-likeness (QED) is 0.802. The van der Waals surface area contributed by atoms with Crippen LogP contribution in [0.15, 0.2) is 16.6 Å². The number of halogens is 2. The standard InChI is InChI=1S/C11H14BrFN2O.2C2H6/c1-16-8-2-3-15(6-8)10-5-7(12)4-9(13)11(10)14;2*1-2/h4-5,8H,2-3,6,14H2,1H3;2*1-2H3. The minimum Gasteiger partial charge on any atom is -0.395 e. The lowest BCUT2D eigenvalue weighted by Gasteiger charge is -2.20. The lowest BCUT2D eigenvalue weighted by Crippen LogP contribution is -2.23. The number of nitrogen functional groups attached to an aromatic ring is 1. The zero-order valence-electron chi connectivity index (χ0n) is 13.0. The van der Waals surface area contributed by atoms with Crippen LogP contribution in [0.2, 0.25) is 0 Å². The molecule has 1 saturated heterocycles. The Hall–Kier alpha value is -0.810. The number of anilines is 2. The molecule has 1 aliphatic rings. The van der Waals surface area contributed by atoms with E-state index < -0.39 is 0 Å². The predicted molar refractivity (Wildman–Crippen MR) is 88.8 cm³/mol. The molecule has 1 unspecified atom stereocenters. The van der Waals surface area contributed by atoms with E-state index >= 15 is 0 Å². The molecule has 3 nitrogen and oxygen atoms in total. The highest BCUT2D eigenvalue weighted by molar-refractivity contribution is 9.10. The Morgan fingerprint density at radius 3 is 2.40 bits per heavy atom. The molecule has 0 aromatic heterocycles. The van der Waals surface area contributed by atoms with Crippen LogP contribution in [0.3, 0.4) is 0 Å². The lowest BCUT2D eigenvalue weighted by molar-refractivity contribution is 0.121. The van der Waals surface area contributed by atoms with Gasteiger partial charge < -0.3 is 15.4 Å². The molecule has 1 atom stereocenters. The second-order valence-corrected chi connectivity index (χ2v) is 4.83. The topological polar surface area (TPSA) is 38.5 Å². The molecule has 2 rings (SSSR count). The average molecular weight is 349 g/mol. The van der Waals surface area contributed by atoms with Crippen molar-refractivity contribution in [2.45, 2.75) is 40.2 Å². The van der Waals surface area contributed by atoms with Crippen LogP contribution in [0, 0.1) is 5.82 Å². The van der Waals surface area contributed by atoms with E-state index in [1.54, 1.807) is 7.11 Å². The van der Waals surface area contributed by atoms with Gasteiger partial charge in [-0.15, -0.1) is 0 Å². The molecule has 1 aliphatic heterocycles. The summed E-state index contributed by atoms with van der Waals surface area (Å²) >= 11 is 3.27. The number of methoxy groups -OCH3 is 1. The molecule has 20 heavy (non-hydrogen) atoms. The smallest absolute Gasteiger partial charge is 0.149 e. The Labute approximate surface area is 130 Å². The van der Waals surface area contributed by atoms with Crippen molar-refractivity contribution in [3.63, 3.8) is 0 Å². The van der Waals surface area contributed by atoms with Gasteiger partial charge in [-0.25, -0.2) is 4.39 Å². The minimum absolute atomic E-state index is 0.208. The molecule has 0 spiro atoms. The fourth-order valence-corrected chi connectivity index (χ4v) is 2.39. The van der Waals surface area contributed by atoms with Crippen LogP contribution in [0.25, 0.3) is 0 Å². The van der Waals surface area contributed by atoms with Gasteiger partial charge in [0, 0.05) is 24.7 Å². The molecule has 0 bridgehead atoms. The molecule has 5 heteroatoms. The highest BCUT2D eigenvalue weighted by Gasteiger charge is 2.24. The molecule has 2 N–H and O–H groups in total. The summed E-state index contributed by atoms with van der Waals surface area (Å²) in [6, 6.07) is 3.22. The van der Waals surface area contributed by atoms with Crippen LogP contribution in [-0.2, 0) is 4.74 Å². The number of benzene rings is 1. The fraction of sp³-hybridized carbons (Fsp3) is 0.600. The zero-order chi connectivity index (χ0) is 15.7. The van der Waals surface area contributed by atoms with Crippen molar-refractivity contribution in [3.05, 3.63) is 22.4 Å². The summed E-state index contributed by atoms with van der Waals surface area (Å²) in [5, 5.41) is 0. The summed E-state index contributed by atoms with van der Waals surface area (Å²) in [6.07, 6.45) is 1.16. The fourth-order valence-electron chi connectivity index (χ4n) is 1.97. The van der Waals surface area contributed by atoms with Gasteiger partial charge in [-0.05, 0) is 18.6 Å². The van der Waals surface area contributed by atoms with Gasteiger partial charge in [0.1, 0.15) is 5.82 Å². The minimum atomic E-state index is -0.384. The highest BCUT2D eigenvalue weighted by atomic mass is 79.9. The van der Waals surface area contributed by atoms with E-state index in [1.165, 1.54) is 6.07 Å². The first-order chi connectivity index (χ1) is 9.61. The number of rotatable bonds is 2. The summed E-state index contributed by atoms with van der Waals surface area (Å²) in [4.78, 5) is 2.05. The molecule has 0 aliphatic carbocycles. The number of ether oxygens (including phenoxy) is 1. The largest absolute Gasteiger partial charge is 0.395 e. The maximum absolute atomic E-state index is 13.5. The third kappa shape index (κ3) is 4.94. The van der Waals surface area contributed by atoms with E-state index in [9.17, 15) is 4.39 Å². The highest BCUT2D eigenvalue weighted by Crippen LogP contribution is 2.32. The molecule has 1 aromatic rings. The van der Waals surface area contributed by atoms with E-state index in [-0.39, 0.29) is 17.6 Å². The summed E-state index contributed by atoms with van der Waals surface area (Å²) < 4.78 is 19.4. The third-order valence-corrected chi connectivity index (χ3v) is 3.35. The second kappa shape index (κ2) is 10.00. The zero-order valence-corrected chi connectivity index (χ0v) is 14.6. The Kier molecular flexibility index (Phi) is 9.59. The van der Waals surface area contributed by atoms with Crippen molar-refractivity contribution in [1.29, 1.82) is 0 Å². The van der Waals surface area contributed by atoms with E-state index in [2.05, 4.69) is 20.8 Å². The van der Waals surface area contributed by atoms with Gasteiger partial charge >= 0.3 is 0 Å². The molecule has 0 radical (unpaired) electrons. The summed E-state index contributed by atoms with van der Waals surface area (Å²) in [6.45, 7) is 9.61. The number of hydrogen-bond acceptors (Lipinski definition) is 3. The Morgan fingerprint density at radius 1 is 1.30 bits per heavy atom. The summed E-state index contributed by atoms with van der Waals surface area (Å²) in [5.74, 6) is -0.384. The molecule has 0 saturated carbocycles. The van der Waals surface area contributed by atoms with Crippen molar-refractivity contribution >= 4 is 27.3 Å². The first-order valence-corrected chi connectivity index (χ1v) is 7.93. The molecule has 1 heterocycles. The van der Waals surface area contributed by atoms with Crippen LogP contribution < -0.4 is 10.6 Å². The van der Waals surface area contributed by atoms with Gasteiger partial charge in [0.15, 0.2) is 0 Å². The van der Waals surface area contributed by atoms with E-state index in [4.69, 9.17) is 10.5 Å². The normalized spacial score (nSPS) is 16.9. The van der Waals surface area contributed by atoms with Crippen LogP contribution in [0.5, 0.6) is 0 Å². The first kappa shape index (κ1) is 19.2. The van der Waals surface area contributed by atoms with Crippen molar-refractivity contribution in [2.24, 2.45) is 0 Å².